The smallest absolute Gasteiger partial charge is 0.422 e. The van der Waals surface area contributed by atoms with E-state index in [0.29, 0.717) is 29.0 Å². The number of ketones is 2. The van der Waals surface area contributed by atoms with Gasteiger partial charge in [-0.3, -0.25) is 19.1 Å². The molecule has 1 fully saturated rings. The normalized spacial score (nSPS) is 14.5. The summed E-state index contributed by atoms with van der Waals surface area (Å²) in [5, 5.41) is 3.81. The van der Waals surface area contributed by atoms with E-state index in [4.69, 9.17) is 16.3 Å². The van der Waals surface area contributed by atoms with Crippen molar-refractivity contribution in [3.8, 4) is 6.01 Å². The lowest BCUT2D eigenvalue weighted by Gasteiger charge is -2.19. The molecule has 0 saturated heterocycles. The first kappa shape index (κ1) is 36.7. The molecule has 0 bridgehead atoms. The molecule has 0 spiro atoms. The van der Waals surface area contributed by atoms with Crippen molar-refractivity contribution in [2.45, 2.75) is 70.0 Å². The van der Waals surface area contributed by atoms with Gasteiger partial charge in [0.05, 0.1) is 11.8 Å². The molecule has 1 heterocycles. The van der Waals surface area contributed by atoms with Gasteiger partial charge < -0.3 is 10.1 Å². The van der Waals surface area contributed by atoms with Gasteiger partial charge in [-0.25, -0.2) is 8.42 Å². The molecule has 1 amide bonds. The summed E-state index contributed by atoms with van der Waals surface area (Å²) in [4.78, 5) is 49.4. The Bertz CT molecular complexity index is 1730. The number of hydrogen-bond acceptors (Lipinski definition) is 10. The van der Waals surface area contributed by atoms with Gasteiger partial charge >= 0.3 is 12.2 Å². The third kappa shape index (κ3) is 11.5. The Morgan fingerprint density at radius 3 is 2.23 bits per heavy atom. The maximum Gasteiger partial charge on any atom is 0.422 e. The zero-order chi connectivity index (χ0) is 35.1. The average Bonchev–Trinajstić information content (AvgIpc) is 3.78. The van der Waals surface area contributed by atoms with Crippen molar-refractivity contribution >= 4 is 45.0 Å². The first-order valence-corrected chi connectivity index (χ1v) is 17.4. The van der Waals surface area contributed by atoms with E-state index in [0.717, 1.165) is 24.7 Å². The summed E-state index contributed by atoms with van der Waals surface area (Å²) in [6.07, 6.45) is -0.980. The van der Waals surface area contributed by atoms with Gasteiger partial charge in [-0.1, -0.05) is 54.9 Å². The molecule has 0 radical (unpaired) electrons. The van der Waals surface area contributed by atoms with Gasteiger partial charge in [-0.15, -0.1) is 0 Å². The number of anilines is 1. The number of rotatable bonds is 17. The lowest BCUT2D eigenvalue weighted by Crippen LogP contribution is -2.34. The standard InChI is InChI=1S/C32H35ClF3N5O6S/c1-20(28(44)41-48(2,45)46)17-25(42)5-3-4-6-26(43)22-9-7-21(8-10-22)18-27-37-29(39-30(38-27)47-19-32(34,35)36)40-31(15-16-31)23-11-13-24(33)14-12-23/h7-14,20H,3-6,15-19H2,1-2H3,(H,41,44)(H,37,38,39,40)/t20-/m0/s1. The van der Waals surface area contributed by atoms with Crippen LogP contribution in [0.1, 0.15) is 79.2 Å². The van der Waals surface area contributed by atoms with Crippen molar-refractivity contribution in [3.05, 3.63) is 76.1 Å². The Morgan fingerprint density at radius 1 is 0.979 bits per heavy atom. The molecular weight excluding hydrogens is 675 g/mol. The number of amides is 1. The Hall–Kier alpha value is -4.11. The number of hydrogen-bond donors (Lipinski definition) is 2. The van der Waals surface area contributed by atoms with Crippen LogP contribution in [0.5, 0.6) is 6.01 Å². The van der Waals surface area contributed by atoms with Gasteiger partial charge in [0.2, 0.25) is 21.9 Å². The van der Waals surface area contributed by atoms with E-state index in [1.165, 1.54) is 6.92 Å². The molecule has 2 N–H and O–H groups in total. The number of alkyl halides is 3. The first-order chi connectivity index (χ1) is 22.5. The second-order valence-electron chi connectivity index (χ2n) is 11.9. The van der Waals surface area contributed by atoms with Crippen LogP contribution in [0.4, 0.5) is 19.1 Å². The molecule has 1 aliphatic rings. The lowest BCUT2D eigenvalue weighted by atomic mass is 9.98. The summed E-state index contributed by atoms with van der Waals surface area (Å²) >= 11 is 6.02. The van der Waals surface area contributed by atoms with Crippen LogP contribution in [-0.4, -0.2) is 59.9 Å². The average molecular weight is 710 g/mol. The minimum absolute atomic E-state index is 0.0709. The molecule has 0 aliphatic heterocycles. The fourth-order valence-electron chi connectivity index (χ4n) is 4.90. The molecule has 16 heteroatoms. The van der Waals surface area contributed by atoms with Crippen LogP contribution in [0.2, 0.25) is 5.02 Å². The summed E-state index contributed by atoms with van der Waals surface area (Å²) in [6.45, 7) is -0.0973. The highest BCUT2D eigenvalue weighted by Crippen LogP contribution is 2.48. The zero-order valence-corrected chi connectivity index (χ0v) is 27.8. The number of carbonyl (C=O) groups excluding carboxylic acids is 3. The van der Waals surface area contributed by atoms with E-state index in [-0.39, 0.29) is 49.0 Å². The number of Topliss-reactive ketones (excluding diaryl/α,β-unsaturated/α-hetero) is 2. The second kappa shape index (κ2) is 15.4. The third-order valence-electron chi connectivity index (χ3n) is 7.54. The number of nitrogens with zero attached hydrogens (tertiary/aromatic N) is 3. The quantitative estimate of drug-likeness (QED) is 0.134. The Morgan fingerprint density at radius 2 is 1.62 bits per heavy atom. The molecular formula is C32H35ClF3N5O6S. The van der Waals surface area contributed by atoms with Crippen LogP contribution in [0.15, 0.2) is 48.5 Å². The van der Waals surface area contributed by atoms with Gasteiger partial charge in [0.1, 0.15) is 11.6 Å². The molecule has 48 heavy (non-hydrogen) atoms. The van der Waals surface area contributed by atoms with Gasteiger partial charge in [0.25, 0.3) is 0 Å². The number of halogens is 4. The highest BCUT2D eigenvalue weighted by atomic mass is 35.5. The van der Waals surface area contributed by atoms with Crippen LogP contribution in [0.25, 0.3) is 0 Å². The van der Waals surface area contributed by atoms with Crippen LogP contribution in [0, 0.1) is 5.92 Å². The number of ether oxygens (including phenoxy) is 1. The predicted octanol–water partition coefficient (Wildman–Crippen LogP) is 5.57. The molecule has 2 aromatic carbocycles. The van der Waals surface area contributed by atoms with E-state index in [1.807, 2.05) is 16.9 Å². The highest BCUT2D eigenvalue weighted by molar-refractivity contribution is 7.89. The van der Waals surface area contributed by atoms with Crippen LogP contribution in [-0.2, 0) is 31.6 Å². The largest absolute Gasteiger partial charge is 0.454 e. The van der Waals surface area contributed by atoms with Crippen molar-refractivity contribution in [2.75, 3.05) is 18.2 Å². The molecule has 1 aliphatic carbocycles. The minimum atomic E-state index is -4.59. The van der Waals surface area contributed by atoms with Crippen molar-refractivity contribution in [2.24, 2.45) is 5.92 Å². The number of aromatic nitrogens is 3. The fourth-order valence-corrected chi connectivity index (χ4v) is 5.59. The van der Waals surface area contributed by atoms with Crippen LogP contribution in [0.3, 0.4) is 0 Å². The summed E-state index contributed by atoms with van der Waals surface area (Å²) in [5.74, 6) is -1.64. The first-order valence-electron chi connectivity index (χ1n) is 15.1. The third-order valence-corrected chi connectivity index (χ3v) is 8.36. The van der Waals surface area contributed by atoms with Crippen LogP contribution >= 0.6 is 11.6 Å². The predicted molar refractivity (Wildman–Crippen MR) is 171 cm³/mol. The maximum atomic E-state index is 12.9. The van der Waals surface area contributed by atoms with Crippen LogP contribution < -0.4 is 14.8 Å². The van der Waals surface area contributed by atoms with E-state index in [1.54, 1.807) is 36.4 Å². The van der Waals surface area contributed by atoms with Crippen molar-refractivity contribution in [3.63, 3.8) is 0 Å². The number of benzene rings is 2. The summed E-state index contributed by atoms with van der Waals surface area (Å²) in [6, 6.07) is 13.4. The molecule has 258 valence electrons. The van der Waals surface area contributed by atoms with Crippen molar-refractivity contribution in [1.29, 1.82) is 0 Å². The topological polar surface area (TPSA) is 157 Å². The number of sulfonamides is 1. The summed E-state index contributed by atoms with van der Waals surface area (Å²) in [5.41, 5.74) is 1.59. The molecule has 0 unspecified atom stereocenters. The van der Waals surface area contributed by atoms with E-state index >= 15 is 0 Å². The molecule has 3 aromatic rings. The number of nitrogens with one attached hydrogen (secondary N) is 2. The molecule has 1 aromatic heterocycles. The van der Waals surface area contributed by atoms with Gasteiger partial charge in [-0.05, 0) is 48.9 Å². The monoisotopic (exact) mass is 709 g/mol. The number of carbonyl (C=O) groups is 3. The summed E-state index contributed by atoms with van der Waals surface area (Å²) in [7, 11) is -3.71. The lowest BCUT2D eigenvalue weighted by molar-refractivity contribution is -0.154. The fraction of sp³-hybridized carbons (Fsp3) is 0.438. The van der Waals surface area contributed by atoms with Crippen molar-refractivity contribution in [1.82, 2.24) is 19.7 Å². The second-order valence-corrected chi connectivity index (χ2v) is 14.0. The highest BCUT2D eigenvalue weighted by Gasteiger charge is 2.45. The SMILES string of the molecule is C[C@@H](CC(=O)CCCCC(=O)c1ccc(Cc2nc(NC3(c4ccc(Cl)cc4)CC3)nc(OCC(F)(F)F)n2)cc1)C(=O)NS(C)(=O)=O. The molecule has 11 nitrogen and oxygen atoms in total. The minimum Gasteiger partial charge on any atom is -0.454 e. The van der Waals surface area contributed by atoms with Gasteiger partial charge in [0.15, 0.2) is 12.4 Å². The number of unbranched alkanes of at least 4 members (excludes halogenated alkanes) is 1. The summed E-state index contributed by atoms with van der Waals surface area (Å²) < 4.78 is 67.7. The Balaban J connectivity index is 1.33. The zero-order valence-electron chi connectivity index (χ0n) is 26.3. The van der Waals surface area contributed by atoms with Gasteiger partial charge in [0, 0.05) is 42.2 Å². The Labute approximate surface area is 281 Å². The van der Waals surface area contributed by atoms with E-state index in [2.05, 4.69) is 20.3 Å². The Kier molecular flexibility index (Phi) is 11.8. The molecule has 1 saturated carbocycles. The van der Waals surface area contributed by atoms with E-state index < -0.39 is 46.2 Å². The molecule has 4 rings (SSSR count). The maximum absolute atomic E-state index is 12.9. The van der Waals surface area contributed by atoms with Crippen molar-refractivity contribution < 1.29 is 40.7 Å². The van der Waals surface area contributed by atoms with Gasteiger partial charge in [-0.2, -0.15) is 28.1 Å². The van der Waals surface area contributed by atoms with E-state index in [9.17, 15) is 36.0 Å². The molecule has 1 atom stereocenters.